The van der Waals surface area contributed by atoms with E-state index in [0.29, 0.717) is 4.55 Å². The van der Waals surface area contributed by atoms with Gasteiger partial charge in [-0.25, -0.2) is 0 Å². The number of carbonyl (C=O) groups is 2. The van der Waals surface area contributed by atoms with Crippen LogP contribution in [0.1, 0.15) is 6.92 Å². The van der Waals surface area contributed by atoms with Crippen LogP contribution in [0.4, 0.5) is 0 Å². The number of alkyl halides is 1. The van der Waals surface area contributed by atoms with Crippen molar-refractivity contribution < 1.29 is 9.59 Å². The first-order valence-electron chi connectivity index (χ1n) is 4.16. The third-order valence-electron chi connectivity index (χ3n) is 2.15. The quantitative estimate of drug-likeness (QED) is 0.227. The van der Waals surface area contributed by atoms with Crippen molar-refractivity contribution in [3.05, 3.63) is 0 Å². The molecule has 1 aliphatic heterocycles. The van der Waals surface area contributed by atoms with E-state index in [1.165, 1.54) is 16.8 Å². The molecule has 2 amide bonds. The molecule has 1 heterocycles. The van der Waals surface area contributed by atoms with Crippen molar-refractivity contribution >= 4 is 40.4 Å². The first-order chi connectivity index (χ1) is 7.04. The largest absolute Gasteiger partial charge is 0.284 e. The third-order valence-corrected chi connectivity index (χ3v) is 2.83. The summed E-state index contributed by atoms with van der Waals surface area (Å²) >= 11 is 1.98. The van der Waals surface area contributed by atoms with Crippen LogP contribution in [0.15, 0.2) is 4.99 Å². The first kappa shape index (κ1) is 11.9. The van der Waals surface area contributed by atoms with Gasteiger partial charge in [0.05, 0.1) is 4.55 Å². The second kappa shape index (κ2) is 4.57. The molecule has 6 nitrogen and oxygen atoms in total. The zero-order chi connectivity index (χ0) is 11.6. The van der Waals surface area contributed by atoms with Crippen molar-refractivity contribution in [3.8, 4) is 6.19 Å². The first-order valence-corrected chi connectivity index (χ1v) is 5.68. The molecule has 0 saturated carbocycles. The van der Waals surface area contributed by atoms with Crippen LogP contribution in [0.3, 0.4) is 0 Å². The maximum atomic E-state index is 11.7. The van der Waals surface area contributed by atoms with Crippen LogP contribution in [0.25, 0.3) is 0 Å². The highest BCUT2D eigenvalue weighted by Crippen LogP contribution is 2.17. The Labute approximate surface area is 101 Å². The molecule has 0 aromatic rings. The lowest BCUT2D eigenvalue weighted by molar-refractivity contribution is -0.145. The van der Waals surface area contributed by atoms with E-state index < -0.39 is 5.92 Å². The van der Waals surface area contributed by atoms with Crippen LogP contribution in [0, 0.1) is 17.4 Å². The Balaban J connectivity index is 3.16. The van der Waals surface area contributed by atoms with Gasteiger partial charge in [-0.05, 0) is 6.92 Å². The van der Waals surface area contributed by atoms with E-state index in [9.17, 15) is 9.59 Å². The lowest BCUT2D eigenvalue weighted by Gasteiger charge is -2.35. The van der Waals surface area contributed by atoms with E-state index in [0.717, 1.165) is 0 Å². The van der Waals surface area contributed by atoms with Crippen molar-refractivity contribution in [1.29, 1.82) is 5.26 Å². The van der Waals surface area contributed by atoms with E-state index in [2.05, 4.69) is 4.99 Å². The summed E-state index contributed by atoms with van der Waals surface area (Å²) < 4.78 is 0.360. The summed E-state index contributed by atoms with van der Waals surface area (Å²) in [6.45, 7) is 1.55. The highest BCUT2D eigenvalue weighted by atomic mass is 127. The third kappa shape index (κ3) is 1.94. The average Bonchev–Trinajstić information content (AvgIpc) is 2.24. The maximum absolute atomic E-state index is 11.7. The highest BCUT2D eigenvalue weighted by Gasteiger charge is 2.39. The van der Waals surface area contributed by atoms with E-state index in [-0.39, 0.29) is 17.8 Å². The summed E-state index contributed by atoms with van der Waals surface area (Å²) in [7, 11) is 1.50. The molecule has 1 aliphatic rings. The van der Waals surface area contributed by atoms with Crippen molar-refractivity contribution in [2.45, 2.75) is 6.92 Å². The second-order valence-corrected chi connectivity index (χ2v) is 3.70. The molecule has 1 unspecified atom stereocenters. The van der Waals surface area contributed by atoms with Crippen molar-refractivity contribution in [3.63, 3.8) is 0 Å². The molecule has 0 N–H and O–H groups in total. The zero-order valence-corrected chi connectivity index (χ0v) is 10.4. The van der Waals surface area contributed by atoms with Gasteiger partial charge >= 0.3 is 0 Å². The molecule has 1 saturated heterocycles. The Morgan fingerprint density at radius 1 is 1.53 bits per heavy atom. The van der Waals surface area contributed by atoms with E-state index >= 15 is 0 Å². The molecule has 80 valence electrons. The van der Waals surface area contributed by atoms with Crippen LogP contribution in [0.2, 0.25) is 0 Å². The van der Waals surface area contributed by atoms with Crippen LogP contribution >= 0.6 is 22.6 Å². The predicted octanol–water partition coefficient (Wildman–Crippen LogP) is 0.153. The minimum atomic E-state index is -0.706. The molecule has 1 rings (SSSR count). The molecule has 0 aliphatic carbocycles. The fraction of sp³-hybridized carbons (Fsp3) is 0.500. The SMILES string of the molecule is CC1C(=O)N(C)C(=NC#N)N(CI)C1=O. The number of amides is 2. The minimum Gasteiger partial charge on any atom is -0.284 e. The Morgan fingerprint density at radius 2 is 2.13 bits per heavy atom. The van der Waals surface area contributed by atoms with Gasteiger partial charge in [0.25, 0.3) is 0 Å². The molecule has 0 aromatic heterocycles. The van der Waals surface area contributed by atoms with Gasteiger partial charge in [0.1, 0.15) is 5.92 Å². The van der Waals surface area contributed by atoms with E-state index in [1.54, 1.807) is 13.1 Å². The predicted molar refractivity (Wildman–Crippen MR) is 60.7 cm³/mol. The van der Waals surface area contributed by atoms with Gasteiger partial charge in [-0.3, -0.25) is 19.4 Å². The molecule has 0 spiro atoms. The fourth-order valence-electron chi connectivity index (χ4n) is 1.30. The van der Waals surface area contributed by atoms with Gasteiger partial charge in [0.15, 0.2) is 0 Å². The summed E-state index contributed by atoms with van der Waals surface area (Å²) in [4.78, 5) is 29.3. The number of hydrogen-bond donors (Lipinski definition) is 0. The number of aliphatic imine (C=N–C) groups is 1. The van der Waals surface area contributed by atoms with Crippen LogP contribution in [0.5, 0.6) is 0 Å². The van der Waals surface area contributed by atoms with E-state index in [4.69, 9.17) is 5.26 Å². The maximum Gasteiger partial charge on any atom is 0.242 e. The summed E-state index contributed by atoms with van der Waals surface area (Å²) in [6.07, 6.45) is 1.58. The van der Waals surface area contributed by atoms with Gasteiger partial charge < -0.3 is 0 Å². The zero-order valence-electron chi connectivity index (χ0n) is 8.27. The van der Waals surface area contributed by atoms with E-state index in [1.807, 2.05) is 22.6 Å². The monoisotopic (exact) mass is 320 g/mol. The second-order valence-electron chi connectivity index (χ2n) is 3.02. The van der Waals surface area contributed by atoms with Gasteiger partial charge in [0.2, 0.25) is 24.0 Å². The molecule has 0 aromatic carbocycles. The summed E-state index contributed by atoms with van der Waals surface area (Å²) in [5.41, 5.74) is 0. The molecule has 0 bridgehead atoms. The topological polar surface area (TPSA) is 76.8 Å². The fourth-order valence-corrected chi connectivity index (χ4v) is 1.94. The highest BCUT2D eigenvalue weighted by molar-refractivity contribution is 14.1. The summed E-state index contributed by atoms with van der Waals surface area (Å²) in [6, 6.07) is 0. The van der Waals surface area contributed by atoms with Crippen LogP contribution in [-0.2, 0) is 9.59 Å². The van der Waals surface area contributed by atoms with Gasteiger partial charge in [0, 0.05) is 7.05 Å². The molecule has 7 heteroatoms. The lowest BCUT2D eigenvalue weighted by atomic mass is 10.1. The molecule has 1 atom stereocenters. The molecular formula is C8H9IN4O2. The standard InChI is InChI=1S/C8H9IN4O2/c1-5-6(14)12(2)8(11-4-10)13(3-9)7(5)15/h5H,3H2,1-2H3. The Morgan fingerprint density at radius 3 is 2.60 bits per heavy atom. The number of nitrogens with zero attached hydrogens (tertiary/aromatic N) is 4. The number of guanidine groups is 1. The lowest BCUT2D eigenvalue weighted by Crippen LogP contribution is -2.57. The van der Waals surface area contributed by atoms with Crippen LogP contribution < -0.4 is 0 Å². The van der Waals surface area contributed by atoms with Gasteiger partial charge in [-0.15, -0.1) is 4.99 Å². The summed E-state index contributed by atoms with van der Waals surface area (Å²) in [5, 5.41) is 8.47. The number of halogens is 1. The Hall–Kier alpha value is -1.17. The Bertz CT molecular complexity index is 373. The minimum absolute atomic E-state index is 0.0972. The normalized spacial score (nSPS) is 24.7. The molecular weight excluding hydrogens is 311 g/mol. The Kier molecular flexibility index (Phi) is 3.62. The number of nitriles is 1. The van der Waals surface area contributed by atoms with Crippen molar-refractivity contribution in [1.82, 2.24) is 9.80 Å². The van der Waals surface area contributed by atoms with Crippen molar-refractivity contribution in [2.75, 3.05) is 11.6 Å². The molecule has 15 heavy (non-hydrogen) atoms. The number of hydrogen-bond acceptors (Lipinski definition) is 4. The van der Waals surface area contributed by atoms with Gasteiger partial charge in [-0.2, -0.15) is 5.26 Å². The van der Waals surface area contributed by atoms with Crippen molar-refractivity contribution in [2.24, 2.45) is 10.9 Å². The molecule has 1 fully saturated rings. The smallest absolute Gasteiger partial charge is 0.242 e. The summed E-state index contributed by atoms with van der Waals surface area (Å²) in [5.74, 6) is -1.26. The number of carbonyl (C=O) groups excluding carboxylic acids is 2. The number of rotatable bonds is 1. The van der Waals surface area contributed by atoms with Gasteiger partial charge in [-0.1, -0.05) is 22.6 Å². The van der Waals surface area contributed by atoms with Crippen LogP contribution in [-0.4, -0.2) is 39.2 Å². The average molecular weight is 320 g/mol. The molecule has 0 radical (unpaired) electrons.